The second kappa shape index (κ2) is 6.33. The molecule has 1 atom stereocenters. The van der Waals surface area contributed by atoms with E-state index < -0.39 is 12.2 Å². The Balaban J connectivity index is 1.76. The third-order valence-corrected chi connectivity index (χ3v) is 4.21. The number of esters is 1. The molecule has 0 fully saturated rings. The number of benzene rings is 2. The fourth-order valence-electron chi connectivity index (χ4n) is 2.95. The lowest BCUT2D eigenvalue weighted by Crippen LogP contribution is -2.18. The summed E-state index contributed by atoms with van der Waals surface area (Å²) in [5.41, 5.74) is 1.27. The summed E-state index contributed by atoms with van der Waals surface area (Å²) in [6, 6.07) is 11.8. The van der Waals surface area contributed by atoms with Crippen LogP contribution in [0.4, 0.5) is 8.78 Å². The van der Waals surface area contributed by atoms with Gasteiger partial charge in [0.05, 0.1) is 17.3 Å². The predicted molar refractivity (Wildman–Crippen MR) is 89.7 cm³/mol. The molecule has 3 aromatic rings. The second-order valence-corrected chi connectivity index (χ2v) is 6.09. The molecular weight excluding hydrogens is 342 g/mol. The zero-order chi connectivity index (χ0) is 18.3. The second-order valence-electron chi connectivity index (χ2n) is 6.09. The summed E-state index contributed by atoms with van der Waals surface area (Å²) < 4.78 is 37.2. The fourth-order valence-corrected chi connectivity index (χ4v) is 2.95. The van der Waals surface area contributed by atoms with Gasteiger partial charge in [0, 0.05) is 6.07 Å². The molecule has 0 amide bonds. The monoisotopic (exact) mass is 356 g/mol. The first-order chi connectivity index (χ1) is 12.5. The number of nitrogens with zero attached hydrogens (tertiary/aromatic N) is 2. The van der Waals surface area contributed by atoms with Crippen molar-refractivity contribution in [1.82, 2.24) is 9.97 Å². The molecule has 0 N–H and O–H groups in total. The smallest absolute Gasteiger partial charge is 0.311 e. The molecule has 4 rings (SSSR count). The third kappa shape index (κ3) is 2.96. The Morgan fingerprint density at radius 2 is 2.00 bits per heavy atom. The lowest BCUT2D eigenvalue weighted by Gasteiger charge is -2.21. The number of carbonyl (C=O) groups excluding carboxylic acids is 1. The number of para-hydroxylation sites is 1. The highest BCUT2D eigenvalue weighted by Crippen LogP contribution is 2.38. The van der Waals surface area contributed by atoms with E-state index in [1.165, 1.54) is 0 Å². The Hall–Kier alpha value is -3.09. The number of hydrogen-bond donors (Lipinski definition) is 0. The molecule has 1 aromatic heterocycles. The van der Waals surface area contributed by atoms with Gasteiger partial charge in [0.25, 0.3) is 6.43 Å². The molecule has 0 spiro atoms. The lowest BCUT2D eigenvalue weighted by molar-refractivity contribution is -0.135. The maximum atomic E-state index is 13.1. The van der Waals surface area contributed by atoms with Gasteiger partial charge in [-0.15, -0.1) is 0 Å². The Morgan fingerprint density at radius 1 is 1.19 bits per heavy atom. The molecule has 1 aliphatic heterocycles. The van der Waals surface area contributed by atoms with Crippen molar-refractivity contribution in [3.05, 3.63) is 53.9 Å². The highest BCUT2D eigenvalue weighted by atomic mass is 19.3. The van der Waals surface area contributed by atoms with Crippen molar-refractivity contribution in [3.8, 4) is 17.4 Å². The maximum absolute atomic E-state index is 13.1. The normalized spacial score (nSPS) is 16.5. The first kappa shape index (κ1) is 16.4. The Bertz CT molecular complexity index is 1010. The van der Waals surface area contributed by atoms with Crippen LogP contribution in [0.2, 0.25) is 0 Å². The van der Waals surface area contributed by atoms with Crippen LogP contribution >= 0.6 is 0 Å². The lowest BCUT2D eigenvalue weighted by atomic mass is 9.95. The molecule has 0 saturated carbocycles. The number of halogens is 2. The molecule has 1 unspecified atom stereocenters. The minimum atomic E-state index is -2.81. The summed E-state index contributed by atoms with van der Waals surface area (Å²) in [4.78, 5) is 19.3. The summed E-state index contributed by atoms with van der Waals surface area (Å²) in [5, 5.41) is 0.514. The van der Waals surface area contributed by atoms with Crippen LogP contribution in [0.25, 0.3) is 10.9 Å². The van der Waals surface area contributed by atoms with E-state index in [1.54, 1.807) is 42.5 Å². The number of aromatic nitrogens is 2. The SMILES string of the molecule is CC1CC(=O)Oc2cc(Oc3nc(C(F)F)nc4ccccc34)ccc21. The van der Waals surface area contributed by atoms with Crippen LogP contribution in [0.5, 0.6) is 17.4 Å². The molecule has 26 heavy (non-hydrogen) atoms. The molecule has 5 nitrogen and oxygen atoms in total. The summed E-state index contributed by atoms with van der Waals surface area (Å²) in [6.45, 7) is 1.94. The molecule has 0 bridgehead atoms. The van der Waals surface area contributed by atoms with Crippen LogP contribution in [0.1, 0.15) is 37.1 Å². The first-order valence-electron chi connectivity index (χ1n) is 8.08. The van der Waals surface area contributed by atoms with E-state index >= 15 is 0 Å². The van der Waals surface area contributed by atoms with Gasteiger partial charge in [-0.05, 0) is 29.7 Å². The molecule has 2 heterocycles. The van der Waals surface area contributed by atoms with Crippen molar-refractivity contribution in [1.29, 1.82) is 0 Å². The predicted octanol–water partition coefficient (Wildman–Crippen LogP) is 4.77. The highest BCUT2D eigenvalue weighted by molar-refractivity contribution is 5.83. The Kier molecular flexibility index (Phi) is 3.99. The molecule has 0 radical (unpaired) electrons. The third-order valence-electron chi connectivity index (χ3n) is 4.21. The quantitative estimate of drug-likeness (QED) is 0.500. The zero-order valence-electron chi connectivity index (χ0n) is 13.8. The summed E-state index contributed by atoms with van der Waals surface area (Å²) in [6.07, 6.45) is -2.49. The zero-order valence-corrected chi connectivity index (χ0v) is 13.8. The number of carbonyl (C=O) groups is 1. The molecular formula is C19H14F2N2O3. The number of alkyl halides is 2. The van der Waals surface area contributed by atoms with Crippen LogP contribution in [0, 0.1) is 0 Å². The van der Waals surface area contributed by atoms with Crippen LogP contribution < -0.4 is 9.47 Å². The van der Waals surface area contributed by atoms with E-state index in [9.17, 15) is 13.6 Å². The number of rotatable bonds is 3. The molecule has 7 heteroatoms. The van der Waals surface area contributed by atoms with Crippen molar-refractivity contribution in [2.24, 2.45) is 0 Å². The number of fused-ring (bicyclic) bond motifs is 2. The Labute approximate surface area is 147 Å². The van der Waals surface area contributed by atoms with Crippen LogP contribution in [-0.2, 0) is 4.79 Å². The standard InChI is InChI=1S/C19H14F2N2O3/c1-10-8-16(24)26-15-9-11(6-7-12(10)15)25-19-13-4-2-3-5-14(13)22-18(23-19)17(20)21/h2-7,9-10,17H,8H2,1H3. The van der Waals surface area contributed by atoms with Crippen molar-refractivity contribution < 1.29 is 23.0 Å². The van der Waals surface area contributed by atoms with E-state index in [0.29, 0.717) is 28.8 Å². The van der Waals surface area contributed by atoms with Crippen molar-refractivity contribution in [3.63, 3.8) is 0 Å². The van der Waals surface area contributed by atoms with Crippen LogP contribution in [0.3, 0.4) is 0 Å². The highest BCUT2D eigenvalue weighted by Gasteiger charge is 2.24. The summed E-state index contributed by atoms with van der Waals surface area (Å²) in [7, 11) is 0. The van der Waals surface area contributed by atoms with Gasteiger partial charge < -0.3 is 9.47 Å². The molecule has 132 valence electrons. The van der Waals surface area contributed by atoms with Crippen molar-refractivity contribution in [2.45, 2.75) is 25.7 Å². The van der Waals surface area contributed by atoms with Crippen LogP contribution in [-0.4, -0.2) is 15.9 Å². The van der Waals surface area contributed by atoms with Crippen molar-refractivity contribution in [2.75, 3.05) is 0 Å². The first-order valence-corrected chi connectivity index (χ1v) is 8.08. The van der Waals surface area contributed by atoms with Crippen molar-refractivity contribution >= 4 is 16.9 Å². The minimum absolute atomic E-state index is 0.0287. The summed E-state index contributed by atoms with van der Waals surface area (Å²) >= 11 is 0. The van der Waals surface area contributed by atoms with Gasteiger partial charge in [-0.25, -0.2) is 13.8 Å². The Morgan fingerprint density at radius 3 is 2.81 bits per heavy atom. The van der Waals surface area contributed by atoms with Gasteiger partial charge in [-0.1, -0.05) is 25.1 Å². The van der Waals surface area contributed by atoms with E-state index in [2.05, 4.69) is 9.97 Å². The van der Waals surface area contributed by atoms with Gasteiger partial charge in [0.2, 0.25) is 5.88 Å². The topological polar surface area (TPSA) is 61.3 Å². The molecule has 2 aromatic carbocycles. The van der Waals surface area contributed by atoms with Crippen LogP contribution in [0.15, 0.2) is 42.5 Å². The average molecular weight is 356 g/mol. The number of hydrogen-bond acceptors (Lipinski definition) is 5. The average Bonchev–Trinajstić information content (AvgIpc) is 2.61. The van der Waals surface area contributed by atoms with Gasteiger partial charge in [0.1, 0.15) is 11.5 Å². The fraction of sp³-hybridized carbons (Fsp3) is 0.211. The maximum Gasteiger partial charge on any atom is 0.311 e. The summed E-state index contributed by atoms with van der Waals surface area (Å²) in [5.74, 6) is -0.0774. The van der Waals surface area contributed by atoms with E-state index in [-0.39, 0.29) is 17.8 Å². The molecule has 0 saturated heterocycles. The molecule has 0 aliphatic carbocycles. The van der Waals surface area contributed by atoms with Gasteiger partial charge in [0.15, 0.2) is 5.82 Å². The minimum Gasteiger partial charge on any atom is -0.438 e. The van der Waals surface area contributed by atoms with E-state index in [4.69, 9.17) is 9.47 Å². The largest absolute Gasteiger partial charge is 0.438 e. The molecule has 1 aliphatic rings. The van der Waals surface area contributed by atoms with Gasteiger partial charge in [-0.3, -0.25) is 4.79 Å². The van der Waals surface area contributed by atoms with E-state index in [0.717, 1.165) is 5.56 Å². The number of ether oxygens (including phenoxy) is 2. The van der Waals surface area contributed by atoms with Gasteiger partial charge in [-0.2, -0.15) is 4.98 Å². The van der Waals surface area contributed by atoms with E-state index in [1.807, 2.05) is 6.92 Å². The van der Waals surface area contributed by atoms with Gasteiger partial charge >= 0.3 is 5.97 Å².